The van der Waals surface area contributed by atoms with E-state index in [0.717, 1.165) is 5.56 Å². The number of amides is 1. The van der Waals surface area contributed by atoms with Gasteiger partial charge in [-0.1, -0.05) is 35.3 Å². The molecule has 0 aliphatic heterocycles. The molecule has 2 rings (SSSR count). The third-order valence-corrected chi connectivity index (χ3v) is 4.05. The Morgan fingerprint density at radius 1 is 1.26 bits per heavy atom. The Bertz CT molecular complexity index is 706. The number of thioether (sulfide) groups is 1. The normalized spacial score (nSPS) is 10.7. The van der Waals surface area contributed by atoms with Crippen LogP contribution in [0, 0.1) is 0 Å². The molecule has 7 heteroatoms. The molecule has 0 atom stereocenters. The molecule has 4 nitrogen and oxygen atoms in total. The molecule has 0 radical (unpaired) electrons. The van der Waals surface area contributed by atoms with E-state index >= 15 is 0 Å². The molecule has 0 bridgehead atoms. The van der Waals surface area contributed by atoms with Gasteiger partial charge in [-0.25, -0.2) is 5.43 Å². The van der Waals surface area contributed by atoms with Crippen LogP contribution < -0.4 is 10.2 Å². The van der Waals surface area contributed by atoms with Crippen molar-refractivity contribution in [2.45, 2.75) is 4.90 Å². The SMILES string of the molecule is CSc1ccc(C=NNC(=O)COc2ccc(Cl)cc2Cl)cc1. The average molecular weight is 369 g/mol. The molecule has 0 heterocycles. The van der Waals surface area contributed by atoms with E-state index in [-0.39, 0.29) is 12.5 Å². The Morgan fingerprint density at radius 2 is 2.00 bits per heavy atom. The summed E-state index contributed by atoms with van der Waals surface area (Å²) in [4.78, 5) is 12.8. The third-order valence-electron chi connectivity index (χ3n) is 2.77. The Kier molecular flexibility index (Phi) is 6.77. The number of halogens is 2. The van der Waals surface area contributed by atoms with Crippen molar-refractivity contribution in [2.75, 3.05) is 12.9 Å². The van der Waals surface area contributed by atoms with E-state index in [1.165, 1.54) is 4.90 Å². The largest absolute Gasteiger partial charge is 0.482 e. The Hall–Kier alpha value is -1.69. The van der Waals surface area contributed by atoms with Crippen LogP contribution in [-0.2, 0) is 4.79 Å². The second-order valence-electron chi connectivity index (χ2n) is 4.43. The molecular weight excluding hydrogens is 355 g/mol. The monoisotopic (exact) mass is 368 g/mol. The molecule has 0 saturated carbocycles. The van der Waals surface area contributed by atoms with Gasteiger partial charge in [-0.05, 0) is 42.2 Å². The van der Waals surface area contributed by atoms with E-state index in [0.29, 0.717) is 15.8 Å². The first kappa shape index (κ1) is 17.7. The number of carbonyl (C=O) groups excluding carboxylic acids is 1. The minimum absolute atomic E-state index is 0.190. The number of benzene rings is 2. The quantitative estimate of drug-likeness (QED) is 0.471. The van der Waals surface area contributed by atoms with Crippen LogP contribution in [0.5, 0.6) is 5.75 Å². The van der Waals surface area contributed by atoms with Crippen LogP contribution in [0.4, 0.5) is 0 Å². The summed E-state index contributed by atoms with van der Waals surface area (Å²) >= 11 is 13.4. The van der Waals surface area contributed by atoms with Gasteiger partial charge in [-0.2, -0.15) is 5.10 Å². The highest BCUT2D eigenvalue weighted by Gasteiger charge is 2.05. The molecule has 0 spiro atoms. The summed E-state index contributed by atoms with van der Waals surface area (Å²) in [6.45, 7) is -0.190. The Labute approximate surface area is 148 Å². The Balaban J connectivity index is 1.81. The first-order valence-corrected chi connectivity index (χ1v) is 8.60. The first-order chi connectivity index (χ1) is 11.1. The zero-order valence-corrected chi connectivity index (χ0v) is 14.6. The van der Waals surface area contributed by atoms with Crippen molar-refractivity contribution in [3.8, 4) is 5.75 Å². The van der Waals surface area contributed by atoms with Crippen molar-refractivity contribution in [3.05, 3.63) is 58.1 Å². The summed E-state index contributed by atoms with van der Waals surface area (Å²) in [7, 11) is 0. The molecule has 1 amide bonds. The van der Waals surface area contributed by atoms with Crippen LogP contribution in [0.1, 0.15) is 5.56 Å². The van der Waals surface area contributed by atoms with E-state index in [4.69, 9.17) is 27.9 Å². The minimum Gasteiger partial charge on any atom is -0.482 e. The molecule has 0 saturated heterocycles. The molecule has 0 aliphatic rings. The lowest BCUT2D eigenvalue weighted by Crippen LogP contribution is -2.24. The lowest BCUT2D eigenvalue weighted by Gasteiger charge is -2.07. The lowest BCUT2D eigenvalue weighted by atomic mass is 10.2. The number of ether oxygens (including phenoxy) is 1. The predicted octanol–water partition coefficient (Wildman–Crippen LogP) is 4.24. The molecule has 2 aromatic rings. The second-order valence-corrected chi connectivity index (χ2v) is 6.15. The van der Waals surface area contributed by atoms with Gasteiger partial charge >= 0.3 is 0 Å². The van der Waals surface area contributed by atoms with Crippen LogP contribution in [0.2, 0.25) is 10.0 Å². The summed E-state index contributed by atoms with van der Waals surface area (Å²) < 4.78 is 5.31. The van der Waals surface area contributed by atoms with Gasteiger partial charge in [0, 0.05) is 9.92 Å². The molecule has 0 aromatic heterocycles. The highest BCUT2D eigenvalue weighted by Crippen LogP contribution is 2.27. The first-order valence-electron chi connectivity index (χ1n) is 6.62. The maximum atomic E-state index is 11.7. The summed E-state index contributed by atoms with van der Waals surface area (Å²) in [6.07, 6.45) is 3.58. The zero-order chi connectivity index (χ0) is 16.7. The summed E-state index contributed by atoms with van der Waals surface area (Å²) in [6, 6.07) is 12.6. The molecule has 0 aliphatic carbocycles. The number of hydrogen-bond donors (Lipinski definition) is 1. The lowest BCUT2D eigenvalue weighted by molar-refractivity contribution is -0.123. The highest BCUT2D eigenvalue weighted by atomic mass is 35.5. The van der Waals surface area contributed by atoms with Crippen LogP contribution in [0.25, 0.3) is 0 Å². The third kappa shape index (κ3) is 5.78. The molecule has 1 N–H and O–H groups in total. The fraction of sp³-hybridized carbons (Fsp3) is 0.125. The van der Waals surface area contributed by atoms with Gasteiger partial charge in [0.1, 0.15) is 5.75 Å². The second kappa shape index (κ2) is 8.82. The van der Waals surface area contributed by atoms with Crippen molar-refractivity contribution in [3.63, 3.8) is 0 Å². The van der Waals surface area contributed by atoms with E-state index in [1.807, 2.05) is 30.5 Å². The number of nitrogens with one attached hydrogen (secondary N) is 1. The van der Waals surface area contributed by atoms with Crippen LogP contribution in [0.3, 0.4) is 0 Å². The molecule has 0 unspecified atom stereocenters. The maximum Gasteiger partial charge on any atom is 0.277 e. The maximum absolute atomic E-state index is 11.7. The number of hydrazone groups is 1. The van der Waals surface area contributed by atoms with Gasteiger partial charge in [0.25, 0.3) is 5.91 Å². The minimum atomic E-state index is -0.381. The predicted molar refractivity (Wildman–Crippen MR) is 95.9 cm³/mol. The number of nitrogens with zero attached hydrogens (tertiary/aromatic N) is 1. The van der Waals surface area contributed by atoms with Crippen molar-refractivity contribution >= 4 is 47.1 Å². The van der Waals surface area contributed by atoms with E-state index < -0.39 is 0 Å². The smallest absolute Gasteiger partial charge is 0.277 e. The van der Waals surface area contributed by atoms with Crippen molar-refractivity contribution < 1.29 is 9.53 Å². The summed E-state index contributed by atoms with van der Waals surface area (Å²) in [5.41, 5.74) is 3.29. The topological polar surface area (TPSA) is 50.7 Å². The summed E-state index contributed by atoms with van der Waals surface area (Å²) in [5, 5.41) is 4.73. The van der Waals surface area contributed by atoms with Crippen molar-refractivity contribution in [2.24, 2.45) is 5.10 Å². The van der Waals surface area contributed by atoms with Gasteiger partial charge in [0.15, 0.2) is 6.61 Å². The number of hydrogen-bond acceptors (Lipinski definition) is 4. The molecular formula is C16H14Cl2N2O2S. The number of carbonyl (C=O) groups is 1. The van der Waals surface area contributed by atoms with Crippen LogP contribution >= 0.6 is 35.0 Å². The summed E-state index contributed by atoms with van der Waals surface area (Å²) in [5.74, 6) is 0.0100. The zero-order valence-electron chi connectivity index (χ0n) is 12.3. The van der Waals surface area contributed by atoms with Crippen molar-refractivity contribution in [1.82, 2.24) is 5.43 Å². The molecule has 120 valence electrons. The Morgan fingerprint density at radius 3 is 2.65 bits per heavy atom. The number of rotatable bonds is 6. The van der Waals surface area contributed by atoms with E-state index in [1.54, 1.807) is 36.2 Å². The van der Waals surface area contributed by atoms with Gasteiger partial charge < -0.3 is 4.74 Å². The molecule has 0 fully saturated rings. The molecule has 2 aromatic carbocycles. The van der Waals surface area contributed by atoms with E-state index in [2.05, 4.69) is 10.5 Å². The van der Waals surface area contributed by atoms with Crippen LogP contribution in [-0.4, -0.2) is 25.0 Å². The standard InChI is InChI=1S/C16H14Cl2N2O2S/c1-23-13-5-2-11(3-6-13)9-19-20-16(21)10-22-15-7-4-12(17)8-14(15)18/h2-9H,10H2,1H3,(H,20,21). The average Bonchev–Trinajstić information content (AvgIpc) is 2.54. The van der Waals surface area contributed by atoms with Crippen LogP contribution in [0.15, 0.2) is 52.5 Å². The fourth-order valence-electron chi connectivity index (χ4n) is 1.64. The van der Waals surface area contributed by atoms with Gasteiger partial charge in [-0.15, -0.1) is 11.8 Å². The van der Waals surface area contributed by atoms with Gasteiger partial charge in [-0.3, -0.25) is 4.79 Å². The molecule has 23 heavy (non-hydrogen) atoms. The van der Waals surface area contributed by atoms with Gasteiger partial charge in [0.2, 0.25) is 0 Å². The highest BCUT2D eigenvalue weighted by molar-refractivity contribution is 7.98. The van der Waals surface area contributed by atoms with Gasteiger partial charge in [0.05, 0.1) is 11.2 Å². The van der Waals surface area contributed by atoms with E-state index in [9.17, 15) is 4.79 Å². The fourth-order valence-corrected chi connectivity index (χ4v) is 2.51. The van der Waals surface area contributed by atoms with Crippen molar-refractivity contribution in [1.29, 1.82) is 0 Å².